The van der Waals surface area contributed by atoms with Gasteiger partial charge >= 0.3 is 5.69 Å². The molecular formula is C8H5BrIN3O. The summed E-state index contributed by atoms with van der Waals surface area (Å²) >= 11 is 5.53. The number of nitrogens with one attached hydrogen (secondary N) is 1. The standard InChI is InChI=1S/C8H5BrIN3O/c9-5-1-2-6(10)7(3-5)13-4-11-12-8(13)14/h1-4H,(H,12,14). The van der Waals surface area contributed by atoms with Crippen LogP contribution in [0.5, 0.6) is 0 Å². The van der Waals surface area contributed by atoms with Gasteiger partial charge in [0.1, 0.15) is 6.33 Å². The minimum Gasteiger partial charge on any atom is -0.249 e. The van der Waals surface area contributed by atoms with Crippen molar-refractivity contribution in [1.29, 1.82) is 0 Å². The predicted molar refractivity (Wildman–Crippen MR) is 64.6 cm³/mol. The molecular weight excluding hydrogens is 361 g/mol. The summed E-state index contributed by atoms with van der Waals surface area (Å²) in [4.78, 5) is 11.3. The Labute approximate surface area is 102 Å². The maximum absolute atomic E-state index is 11.3. The molecule has 2 rings (SSSR count). The van der Waals surface area contributed by atoms with Crippen LogP contribution in [-0.2, 0) is 0 Å². The maximum atomic E-state index is 11.3. The fraction of sp³-hybridized carbons (Fsp3) is 0. The minimum absolute atomic E-state index is 0.235. The summed E-state index contributed by atoms with van der Waals surface area (Å²) in [6, 6.07) is 5.73. The Hall–Kier alpha value is -0.630. The number of hydrogen-bond acceptors (Lipinski definition) is 2. The molecule has 2 aromatic rings. The quantitative estimate of drug-likeness (QED) is 0.785. The molecule has 0 aliphatic carbocycles. The third-order valence-electron chi connectivity index (χ3n) is 1.72. The minimum atomic E-state index is -0.235. The normalized spacial score (nSPS) is 10.4. The number of H-pyrrole nitrogens is 1. The molecule has 0 atom stereocenters. The highest BCUT2D eigenvalue weighted by molar-refractivity contribution is 14.1. The second-order valence-electron chi connectivity index (χ2n) is 2.63. The summed E-state index contributed by atoms with van der Waals surface area (Å²) in [5, 5.41) is 6.03. The summed E-state index contributed by atoms with van der Waals surface area (Å²) in [6.07, 6.45) is 1.46. The number of aromatic amines is 1. The highest BCUT2D eigenvalue weighted by Crippen LogP contribution is 2.20. The molecule has 1 aromatic carbocycles. The van der Waals surface area contributed by atoms with Gasteiger partial charge in [-0.25, -0.2) is 14.5 Å². The molecule has 4 nitrogen and oxygen atoms in total. The van der Waals surface area contributed by atoms with E-state index >= 15 is 0 Å². The number of rotatable bonds is 1. The molecule has 0 spiro atoms. The van der Waals surface area contributed by atoms with Gasteiger partial charge in [-0.2, -0.15) is 5.10 Å². The zero-order valence-electron chi connectivity index (χ0n) is 6.87. The molecule has 0 aliphatic rings. The molecule has 0 saturated carbocycles. The molecule has 1 heterocycles. The van der Waals surface area contributed by atoms with Gasteiger partial charge in [0.05, 0.1) is 5.69 Å². The number of halogens is 2. The Kier molecular flexibility index (Phi) is 2.73. The molecule has 0 aliphatic heterocycles. The number of nitrogens with zero attached hydrogens (tertiary/aromatic N) is 2. The van der Waals surface area contributed by atoms with E-state index in [0.29, 0.717) is 0 Å². The predicted octanol–water partition coefficient (Wildman–Crippen LogP) is 1.93. The zero-order chi connectivity index (χ0) is 10.1. The summed E-state index contributed by atoms with van der Waals surface area (Å²) in [6.45, 7) is 0. The molecule has 72 valence electrons. The Balaban J connectivity index is 2.68. The van der Waals surface area contributed by atoms with Gasteiger partial charge in [-0.3, -0.25) is 0 Å². The second kappa shape index (κ2) is 3.85. The maximum Gasteiger partial charge on any atom is 0.347 e. The monoisotopic (exact) mass is 365 g/mol. The lowest BCUT2D eigenvalue weighted by Crippen LogP contribution is -2.15. The zero-order valence-corrected chi connectivity index (χ0v) is 10.6. The third-order valence-corrected chi connectivity index (χ3v) is 3.13. The summed E-state index contributed by atoms with van der Waals surface area (Å²) in [5.74, 6) is 0. The van der Waals surface area contributed by atoms with Crippen molar-refractivity contribution in [2.24, 2.45) is 0 Å². The fourth-order valence-corrected chi connectivity index (χ4v) is 2.03. The molecule has 0 amide bonds. The van der Waals surface area contributed by atoms with Crippen LogP contribution in [0.2, 0.25) is 0 Å². The van der Waals surface area contributed by atoms with E-state index in [9.17, 15) is 4.79 Å². The van der Waals surface area contributed by atoms with Crippen molar-refractivity contribution >= 4 is 38.5 Å². The Morgan fingerprint density at radius 3 is 2.93 bits per heavy atom. The summed E-state index contributed by atoms with van der Waals surface area (Å²) in [5.41, 5.74) is 0.583. The Morgan fingerprint density at radius 2 is 2.29 bits per heavy atom. The van der Waals surface area contributed by atoms with Gasteiger partial charge in [-0.15, -0.1) is 0 Å². The SMILES string of the molecule is O=c1[nH]ncn1-c1cc(Br)ccc1I. The molecule has 0 bridgehead atoms. The van der Waals surface area contributed by atoms with Crippen molar-refractivity contribution in [1.82, 2.24) is 14.8 Å². The van der Waals surface area contributed by atoms with Crippen LogP contribution >= 0.6 is 38.5 Å². The van der Waals surface area contributed by atoms with Gasteiger partial charge < -0.3 is 0 Å². The average Bonchev–Trinajstić information content (AvgIpc) is 2.56. The molecule has 14 heavy (non-hydrogen) atoms. The topological polar surface area (TPSA) is 50.7 Å². The van der Waals surface area contributed by atoms with Gasteiger partial charge in [0.15, 0.2) is 0 Å². The van der Waals surface area contributed by atoms with E-state index in [1.807, 2.05) is 18.2 Å². The van der Waals surface area contributed by atoms with Crippen molar-refractivity contribution in [3.8, 4) is 5.69 Å². The molecule has 0 radical (unpaired) electrons. The fourth-order valence-electron chi connectivity index (χ4n) is 1.09. The molecule has 0 saturated heterocycles. The van der Waals surface area contributed by atoms with Crippen molar-refractivity contribution in [3.05, 3.63) is 43.1 Å². The van der Waals surface area contributed by atoms with Crippen LogP contribution in [0.4, 0.5) is 0 Å². The van der Waals surface area contributed by atoms with Gasteiger partial charge in [-0.05, 0) is 40.8 Å². The van der Waals surface area contributed by atoms with Gasteiger partial charge in [0.25, 0.3) is 0 Å². The molecule has 1 N–H and O–H groups in total. The lowest BCUT2D eigenvalue weighted by Gasteiger charge is -2.03. The van der Waals surface area contributed by atoms with E-state index in [1.165, 1.54) is 10.9 Å². The first-order chi connectivity index (χ1) is 6.68. The van der Waals surface area contributed by atoms with E-state index in [-0.39, 0.29) is 5.69 Å². The van der Waals surface area contributed by atoms with E-state index in [1.54, 1.807) is 0 Å². The van der Waals surface area contributed by atoms with E-state index in [4.69, 9.17) is 0 Å². The van der Waals surface area contributed by atoms with Gasteiger partial charge in [0.2, 0.25) is 0 Å². The largest absolute Gasteiger partial charge is 0.347 e. The van der Waals surface area contributed by atoms with Crippen molar-refractivity contribution in [2.75, 3.05) is 0 Å². The first-order valence-electron chi connectivity index (χ1n) is 3.76. The second-order valence-corrected chi connectivity index (χ2v) is 4.71. The first-order valence-corrected chi connectivity index (χ1v) is 5.63. The van der Waals surface area contributed by atoms with E-state index < -0.39 is 0 Å². The Bertz CT molecular complexity index is 519. The van der Waals surface area contributed by atoms with E-state index in [0.717, 1.165) is 13.7 Å². The number of aromatic nitrogens is 3. The van der Waals surface area contributed by atoms with Crippen LogP contribution in [0, 0.1) is 3.57 Å². The van der Waals surface area contributed by atoms with Crippen LogP contribution in [0.3, 0.4) is 0 Å². The Morgan fingerprint density at radius 1 is 1.50 bits per heavy atom. The van der Waals surface area contributed by atoms with Crippen molar-refractivity contribution in [2.45, 2.75) is 0 Å². The molecule has 6 heteroatoms. The number of benzene rings is 1. The molecule has 1 aromatic heterocycles. The van der Waals surface area contributed by atoms with Crippen molar-refractivity contribution in [3.63, 3.8) is 0 Å². The van der Waals surface area contributed by atoms with E-state index in [2.05, 4.69) is 48.7 Å². The van der Waals surface area contributed by atoms with Gasteiger partial charge in [0, 0.05) is 8.04 Å². The highest BCUT2D eigenvalue weighted by atomic mass is 127. The van der Waals surface area contributed by atoms with Crippen molar-refractivity contribution < 1.29 is 0 Å². The van der Waals surface area contributed by atoms with Crippen LogP contribution in [0.25, 0.3) is 5.69 Å². The van der Waals surface area contributed by atoms with Gasteiger partial charge in [-0.1, -0.05) is 15.9 Å². The molecule has 0 unspecified atom stereocenters. The lowest BCUT2D eigenvalue weighted by atomic mass is 10.3. The summed E-state index contributed by atoms with van der Waals surface area (Å²) in [7, 11) is 0. The lowest BCUT2D eigenvalue weighted by molar-refractivity contribution is 0.976. The first kappa shape index (κ1) is 9.91. The highest BCUT2D eigenvalue weighted by Gasteiger charge is 2.05. The average molecular weight is 366 g/mol. The van der Waals surface area contributed by atoms with Crippen LogP contribution in [-0.4, -0.2) is 14.8 Å². The van der Waals surface area contributed by atoms with Crippen LogP contribution in [0.1, 0.15) is 0 Å². The summed E-state index contributed by atoms with van der Waals surface area (Å²) < 4.78 is 3.39. The smallest absolute Gasteiger partial charge is 0.249 e. The third kappa shape index (κ3) is 1.76. The van der Waals surface area contributed by atoms with Crippen LogP contribution < -0.4 is 5.69 Å². The van der Waals surface area contributed by atoms with Crippen LogP contribution in [0.15, 0.2) is 33.8 Å². The number of hydrogen-bond donors (Lipinski definition) is 1. The molecule has 0 fully saturated rings.